The summed E-state index contributed by atoms with van der Waals surface area (Å²) in [5.41, 5.74) is 4.36. The quantitative estimate of drug-likeness (QED) is 0.626. The molecule has 2 aromatic heterocycles. The molecule has 2 unspecified atom stereocenters. The van der Waals surface area contributed by atoms with Gasteiger partial charge in [0, 0.05) is 11.8 Å². The summed E-state index contributed by atoms with van der Waals surface area (Å²) >= 11 is 0. The number of benzene rings is 1. The van der Waals surface area contributed by atoms with E-state index in [1.165, 1.54) is 5.56 Å². The lowest BCUT2D eigenvalue weighted by Crippen LogP contribution is -2.07. The van der Waals surface area contributed by atoms with Crippen molar-refractivity contribution in [3.8, 4) is 0 Å². The topological polar surface area (TPSA) is 68.4 Å². The van der Waals surface area contributed by atoms with Crippen molar-refractivity contribution in [2.24, 2.45) is 0 Å². The second-order valence-corrected chi connectivity index (χ2v) is 6.85. The van der Waals surface area contributed by atoms with Gasteiger partial charge in [0.05, 0.1) is 24.1 Å². The van der Waals surface area contributed by atoms with Crippen LogP contribution in [0, 0.1) is 13.8 Å². The van der Waals surface area contributed by atoms with Crippen molar-refractivity contribution >= 4 is 5.69 Å². The minimum atomic E-state index is 0.0995. The van der Waals surface area contributed by atoms with E-state index < -0.39 is 0 Å². The van der Waals surface area contributed by atoms with Gasteiger partial charge in [-0.2, -0.15) is 5.10 Å². The summed E-state index contributed by atoms with van der Waals surface area (Å²) in [5, 5.41) is 11.8. The normalized spacial score (nSPS) is 18.8. The van der Waals surface area contributed by atoms with Crippen LogP contribution >= 0.6 is 0 Å². The molecule has 1 aliphatic rings. The molecule has 0 spiro atoms. The third-order valence-electron chi connectivity index (χ3n) is 4.82. The Hall–Kier alpha value is -2.60. The lowest BCUT2D eigenvalue weighted by Gasteiger charge is -2.01. The van der Waals surface area contributed by atoms with Gasteiger partial charge in [-0.25, -0.2) is 0 Å². The molecule has 26 heavy (non-hydrogen) atoms. The highest BCUT2D eigenvalue weighted by Crippen LogP contribution is 2.28. The van der Waals surface area contributed by atoms with Gasteiger partial charge in [-0.1, -0.05) is 35.5 Å². The number of anilines is 1. The van der Waals surface area contributed by atoms with Crippen molar-refractivity contribution in [1.29, 1.82) is 0 Å². The molecule has 6 nitrogen and oxygen atoms in total. The van der Waals surface area contributed by atoms with Gasteiger partial charge in [0.1, 0.15) is 11.9 Å². The first kappa shape index (κ1) is 16.8. The van der Waals surface area contributed by atoms with Gasteiger partial charge in [-0.05, 0) is 38.7 Å². The maximum Gasteiger partial charge on any atom is 0.154 e. The van der Waals surface area contributed by atoms with E-state index >= 15 is 0 Å². The van der Waals surface area contributed by atoms with Gasteiger partial charge in [0.25, 0.3) is 0 Å². The lowest BCUT2D eigenvalue weighted by molar-refractivity contribution is 0.370. The predicted octanol–water partition coefficient (Wildman–Crippen LogP) is 3.70. The molecule has 1 N–H and O–H groups in total. The largest absolute Gasteiger partial charge is 0.361 e. The van der Waals surface area contributed by atoms with Crippen LogP contribution < -0.4 is 5.32 Å². The average molecular weight is 352 g/mol. The molecule has 3 heterocycles. The molecule has 0 aliphatic carbocycles. The highest BCUT2D eigenvalue weighted by Gasteiger charge is 2.38. The summed E-state index contributed by atoms with van der Waals surface area (Å²) in [7, 11) is 0. The van der Waals surface area contributed by atoms with E-state index in [0.29, 0.717) is 12.6 Å². The van der Waals surface area contributed by atoms with Crippen LogP contribution in [0.4, 0.5) is 5.69 Å². The number of hydrogen-bond acceptors (Lipinski definition) is 5. The minimum absolute atomic E-state index is 0.0995. The number of nitrogens with zero attached hydrogens (tertiary/aromatic N) is 3. The summed E-state index contributed by atoms with van der Waals surface area (Å²) in [4.78, 5) is 0. The number of aryl methyl sites for hydroxylation is 3. The number of ether oxygens (including phenoxy) is 1. The van der Waals surface area contributed by atoms with E-state index in [4.69, 9.17) is 9.26 Å². The number of hydrogen-bond donors (Lipinski definition) is 1. The summed E-state index contributed by atoms with van der Waals surface area (Å²) in [6, 6.07) is 10.6. The van der Waals surface area contributed by atoms with Crippen molar-refractivity contribution in [3.05, 3.63) is 65.3 Å². The Morgan fingerprint density at radius 3 is 2.81 bits per heavy atom. The number of nitrogens with one attached hydrogen (secondary N) is 1. The first-order chi connectivity index (χ1) is 12.7. The zero-order chi connectivity index (χ0) is 17.9. The van der Waals surface area contributed by atoms with E-state index in [2.05, 4.69) is 45.9 Å². The zero-order valence-electron chi connectivity index (χ0n) is 15.2. The molecule has 4 rings (SSSR count). The molecule has 3 aromatic rings. The molecule has 0 amide bonds. The number of rotatable bonds is 8. The molecule has 136 valence electrons. The van der Waals surface area contributed by atoms with Crippen LogP contribution in [0.5, 0.6) is 0 Å². The number of epoxide rings is 1. The minimum Gasteiger partial charge on any atom is -0.361 e. The average Bonchev–Trinajstić information content (AvgIpc) is 3.08. The summed E-state index contributed by atoms with van der Waals surface area (Å²) in [6.45, 7) is 4.54. The molecule has 1 saturated heterocycles. The molecule has 0 saturated carbocycles. The van der Waals surface area contributed by atoms with Crippen LogP contribution in [-0.4, -0.2) is 27.3 Å². The zero-order valence-corrected chi connectivity index (χ0v) is 15.2. The molecular formula is C20H24N4O2. The highest BCUT2D eigenvalue weighted by molar-refractivity contribution is 5.40. The van der Waals surface area contributed by atoms with Crippen LogP contribution in [0.15, 0.2) is 47.2 Å². The molecule has 1 fully saturated rings. The van der Waals surface area contributed by atoms with Gasteiger partial charge in [-0.15, -0.1) is 0 Å². The Labute approximate surface area is 153 Å². The summed E-state index contributed by atoms with van der Waals surface area (Å²) in [5.74, 6) is 0.844. The number of aromatic nitrogens is 3. The SMILES string of the molecule is Cc1noc(C)c1Cn1cc(NC2OC2CCCc2ccccc2)cn1. The molecule has 0 radical (unpaired) electrons. The van der Waals surface area contributed by atoms with Crippen LogP contribution in [0.1, 0.15) is 35.4 Å². The van der Waals surface area contributed by atoms with Crippen molar-refractivity contribution in [2.75, 3.05) is 5.32 Å². The predicted molar refractivity (Wildman–Crippen MR) is 99.0 cm³/mol. The van der Waals surface area contributed by atoms with E-state index in [9.17, 15) is 0 Å². The summed E-state index contributed by atoms with van der Waals surface area (Å²) in [6.07, 6.45) is 7.53. The van der Waals surface area contributed by atoms with Crippen molar-refractivity contribution in [3.63, 3.8) is 0 Å². The van der Waals surface area contributed by atoms with E-state index in [1.54, 1.807) is 0 Å². The first-order valence-electron chi connectivity index (χ1n) is 9.09. The molecular weight excluding hydrogens is 328 g/mol. The highest BCUT2D eigenvalue weighted by atomic mass is 16.6. The van der Waals surface area contributed by atoms with Gasteiger partial charge in [-0.3, -0.25) is 4.68 Å². The molecule has 0 bridgehead atoms. The van der Waals surface area contributed by atoms with Crippen LogP contribution in [0.3, 0.4) is 0 Å². The third-order valence-corrected chi connectivity index (χ3v) is 4.82. The van der Waals surface area contributed by atoms with E-state index in [0.717, 1.165) is 42.0 Å². The fourth-order valence-corrected chi connectivity index (χ4v) is 3.22. The Bertz CT molecular complexity index is 836. The van der Waals surface area contributed by atoms with Crippen molar-refractivity contribution in [1.82, 2.24) is 14.9 Å². The monoisotopic (exact) mass is 352 g/mol. The molecule has 2 atom stereocenters. The smallest absolute Gasteiger partial charge is 0.154 e. The van der Waals surface area contributed by atoms with Crippen LogP contribution in [0.2, 0.25) is 0 Å². The van der Waals surface area contributed by atoms with E-state index in [1.807, 2.05) is 30.9 Å². The van der Waals surface area contributed by atoms with Gasteiger partial charge in [0.15, 0.2) is 6.23 Å². The van der Waals surface area contributed by atoms with Crippen molar-refractivity contribution < 1.29 is 9.26 Å². The maximum atomic E-state index is 5.74. The van der Waals surface area contributed by atoms with Crippen molar-refractivity contribution in [2.45, 2.75) is 52.0 Å². The third kappa shape index (κ3) is 3.96. The summed E-state index contributed by atoms with van der Waals surface area (Å²) < 4.78 is 12.8. The lowest BCUT2D eigenvalue weighted by atomic mass is 10.1. The molecule has 6 heteroatoms. The fraction of sp³-hybridized carbons (Fsp3) is 0.400. The van der Waals surface area contributed by atoms with Crippen LogP contribution in [-0.2, 0) is 17.7 Å². The Balaban J connectivity index is 1.23. The van der Waals surface area contributed by atoms with Crippen LogP contribution in [0.25, 0.3) is 0 Å². The molecule has 1 aliphatic heterocycles. The fourth-order valence-electron chi connectivity index (χ4n) is 3.22. The first-order valence-corrected chi connectivity index (χ1v) is 9.09. The Kier molecular flexibility index (Phi) is 4.75. The van der Waals surface area contributed by atoms with Gasteiger partial charge < -0.3 is 14.6 Å². The standard InChI is InChI=1S/C20H24N4O2/c1-14-18(15(2)26-23-14)13-24-12-17(11-21-24)22-20-19(25-20)10-6-9-16-7-4-3-5-8-16/h3-5,7-8,11-12,19-20,22H,6,9-10,13H2,1-2H3. The second kappa shape index (κ2) is 7.33. The maximum absolute atomic E-state index is 5.74. The molecule has 1 aromatic carbocycles. The van der Waals surface area contributed by atoms with Gasteiger partial charge in [0.2, 0.25) is 0 Å². The Morgan fingerprint density at radius 1 is 1.19 bits per heavy atom. The Morgan fingerprint density at radius 2 is 2.04 bits per heavy atom. The second-order valence-electron chi connectivity index (χ2n) is 6.85. The van der Waals surface area contributed by atoms with E-state index in [-0.39, 0.29) is 6.23 Å². The van der Waals surface area contributed by atoms with Gasteiger partial charge >= 0.3 is 0 Å².